The van der Waals surface area contributed by atoms with Crippen molar-refractivity contribution in [3.05, 3.63) is 53.1 Å². The molecule has 1 heterocycles. The Labute approximate surface area is 154 Å². The number of hydrogen-bond acceptors (Lipinski definition) is 4. The van der Waals surface area contributed by atoms with E-state index in [0.717, 1.165) is 28.2 Å². The molecule has 0 saturated heterocycles. The molecule has 5 nitrogen and oxygen atoms in total. The molecule has 138 valence electrons. The summed E-state index contributed by atoms with van der Waals surface area (Å²) in [4.78, 5) is 12.5. The molecule has 1 aliphatic rings. The summed E-state index contributed by atoms with van der Waals surface area (Å²) in [5.41, 5.74) is 3.18. The third kappa shape index (κ3) is 4.28. The lowest BCUT2D eigenvalue weighted by Gasteiger charge is -2.22. The lowest BCUT2D eigenvalue weighted by Crippen LogP contribution is -2.37. The fourth-order valence-electron chi connectivity index (χ4n) is 3.00. The van der Waals surface area contributed by atoms with E-state index in [1.807, 2.05) is 51.1 Å². The van der Waals surface area contributed by atoms with Gasteiger partial charge in [-0.1, -0.05) is 12.1 Å². The molecule has 0 aliphatic carbocycles. The third-order valence-electron chi connectivity index (χ3n) is 4.30. The number of benzene rings is 2. The molecule has 0 unspecified atom stereocenters. The number of carbonyl (C=O) groups is 1. The SMILES string of the molecule is Cc1cc(C)cc(O[C@H](C)C(=O)N[C@@H](C)c2ccc3c(c2)OCCO3)c1. The molecule has 2 atom stereocenters. The van der Waals surface area contributed by atoms with Crippen LogP contribution in [0.2, 0.25) is 0 Å². The van der Waals surface area contributed by atoms with Crippen molar-refractivity contribution in [1.82, 2.24) is 5.32 Å². The highest BCUT2D eigenvalue weighted by Gasteiger charge is 2.20. The molecule has 0 saturated carbocycles. The smallest absolute Gasteiger partial charge is 0.261 e. The van der Waals surface area contributed by atoms with Gasteiger partial charge in [-0.05, 0) is 68.7 Å². The molecule has 26 heavy (non-hydrogen) atoms. The van der Waals surface area contributed by atoms with E-state index in [9.17, 15) is 4.79 Å². The molecule has 1 N–H and O–H groups in total. The Morgan fingerprint density at radius 2 is 1.65 bits per heavy atom. The van der Waals surface area contributed by atoms with Crippen LogP contribution in [0.3, 0.4) is 0 Å². The van der Waals surface area contributed by atoms with Gasteiger partial charge in [0.15, 0.2) is 17.6 Å². The van der Waals surface area contributed by atoms with Gasteiger partial charge < -0.3 is 19.5 Å². The monoisotopic (exact) mass is 355 g/mol. The molecule has 0 aromatic heterocycles. The van der Waals surface area contributed by atoms with E-state index in [0.29, 0.717) is 19.0 Å². The van der Waals surface area contributed by atoms with Gasteiger partial charge in [-0.2, -0.15) is 0 Å². The minimum Gasteiger partial charge on any atom is -0.486 e. The van der Waals surface area contributed by atoms with Crippen molar-refractivity contribution >= 4 is 5.91 Å². The van der Waals surface area contributed by atoms with Gasteiger partial charge in [-0.15, -0.1) is 0 Å². The molecule has 1 amide bonds. The average Bonchev–Trinajstić information content (AvgIpc) is 2.60. The fourth-order valence-corrected chi connectivity index (χ4v) is 3.00. The predicted molar refractivity (Wildman–Crippen MR) is 100.0 cm³/mol. The van der Waals surface area contributed by atoms with E-state index in [2.05, 4.69) is 11.4 Å². The van der Waals surface area contributed by atoms with E-state index < -0.39 is 6.10 Å². The summed E-state index contributed by atoms with van der Waals surface area (Å²) in [6.07, 6.45) is -0.587. The summed E-state index contributed by atoms with van der Waals surface area (Å²) in [6, 6.07) is 11.5. The van der Waals surface area contributed by atoms with Gasteiger partial charge in [0.25, 0.3) is 5.91 Å². The van der Waals surface area contributed by atoms with E-state index in [-0.39, 0.29) is 11.9 Å². The highest BCUT2D eigenvalue weighted by Crippen LogP contribution is 2.32. The molecule has 1 aliphatic heterocycles. The highest BCUT2D eigenvalue weighted by molar-refractivity contribution is 5.81. The number of rotatable bonds is 5. The van der Waals surface area contributed by atoms with E-state index in [1.54, 1.807) is 6.92 Å². The van der Waals surface area contributed by atoms with Crippen LogP contribution in [0.1, 0.15) is 36.6 Å². The zero-order valence-corrected chi connectivity index (χ0v) is 15.7. The Bertz CT molecular complexity index is 782. The zero-order chi connectivity index (χ0) is 18.7. The molecular formula is C21H25NO4. The highest BCUT2D eigenvalue weighted by atomic mass is 16.6. The largest absolute Gasteiger partial charge is 0.486 e. The molecule has 2 aromatic rings. The Kier molecular flexibility index (Phi) is 5.35. The Balaban J connectivity index is 1.63. The van der Waals surface area contributed by atoms with Crippen molar-refractivity contribution in [2.24, 2.45) is 0 Å². The van der Waals surface area contributed by atoms with Gasteiger partial charge >= 0.3 is 0 Å². The minimum atomic E-state index is -0.587. The Hall–Kier alpha value is -2.69. The van der Waals surface area contributed by atoms with E-state index >= 15 is 0 Å². The summed E-state index contributed by atoms with van der Waals surface area (Å²) < 4.78 is 16.9. The maximum absolute atomic E-state index is 12.5. The second-order valence-electron chi connectivity index (χ2n) is 6.72. The van der Waals surface area contributed by atoms with Crippen LogP contribution in [-0.2, 0) is 4.79 Å². The number of hydrogen-bond donors (Lipinski definition) is 1. The first-order valence-corrected chi connectivity index (χ1v) is 8.87. The normalized spacial score (nSPS) is 15.1. The van der Waals surface area contributed by atoms with Crippen LogP contribution < -0.4 is 19.5 Å². The van der Waals surface area contributed by atoms with Gasteiger partial charge in [0.05, 0.1) is 6.04 Å². The van der Waals surface area contributed by atoms with Gasteiger partial charge in [-0.3, -0.25) is 4.79 Å². The van der Waals surface area contributed by atoms with Crippen LogP contribution in [0.25, 0.3) is 0 Å². The van der Waals surface area contributed by atoms with Crippen LogP contribution in [0.4, 0.5) is 0 Å². The Morgan fingerprint density at radius 3 is 2.35 bits per heavy atom. The fraction of sp³-hybridized carbons (Fsp3) is 0.381. The molecule has 0 fully saturated rings. The van der Waals surface area contributed by atoms with Gasteiger partial charge in [0, 0.05) is 0 Å². The molecule has 3 rings (SSSR count). The van der Waals surface area contributed by atoms with Crippen LogP contribution in [0, 0.1) is 13.8 Å². The standard InChI is InChI=1S/C21H25NO4/c1-13-9-14(2)11-18(10-13)26-16(4)21(23)22-15(3)17-5-6-19-20(12-17)25-8-7-24-19/h5-6,9-12,15-16H,7-8H2,1-4H3,(H,22,23)/t15-,16+/m0/s1. The van der Waals surface area contributed by atoms with E-state index in [1.165, 1.54) is 0 Å². The first-order valence-electron chi connectivity index (χ1n) is 8.87. The van der Waals surface area contributed by atoms with Gasteiger partial charge in [-0.25, -0.2) is 0 Å². The third-order valence-corrected chi connectivity index (χ3v) is 4.30. The summed E-state index contributed by atoms with van der Waals surface area (Å²) in [5, 5.41) is 2.99. The van der Waals surface area contributed by atoms with Crippen molar-refractivity contribution in [1.29, 1.82) is 0 Å². The number of ether oxygens (including phenoxy) is 3. The number of fused-ring (bicyclic) bond motifs is 1. The lowest BCUT2D eigenvalue weighted by molar-refractivity contribution is -0.127. The van der Waals surface area contributed by atoms with Crippen LogP contribution >= 0.6 is 0 Å². The van der Waals surface area contributed by atoms with Crippen molar-refractivity contribution in [3.63, 3.8) is 0 Å². The van der Waals surface area contributed by atoms with Crippen molar-refractivity contribution in [3.8, 4) is 17.2 Å². The first-order chi connectivity index (χ1) is 12.4. The van der Waals surface area contributed by atoms with Crippen molar-refractivity contribution in [2.45, 2.75) is 39.8 Å². The summed E-state index contributed by atoms with van der Waals surface area (Å²) in [7, 11) is 0. The number of amides is 1. The van der Waals surface area contributed by atoms with Gasteiger partial charge in [0.2, 0.25) is 0 Å². The van der Waals surface area contributed by atoms with Gasteiger partial charge in [0.1, 0.15) is 19.0 Å². The molecular weight excluding hydrogens is 330 g/mol. The van der Waals surface area contributed by atoms with Crippen LogP contribution in [0.5, 0.6) is 17.2 Å². The zero-order valence-electron chi connectivity index (χ0n) is 15.7. The quantitative estimate of drug-likeness (QED) is 0.888. The topological polar surface area (TPSA) is 56.8 Å². The van der Waals surface area contributed by atoms with E-state index in [4.69, 9.17) is 14.2 Å². The van der Waals surface area contributed by atoms with Crippen molar-refractivity contribution < 1.29 is 19.0 Å². The molecule has 2 aromatic carbocycles. The number of aryl methyl sites for hydroxylation is 2. The molecule has 5 heteroatoms. The second-order valence-corrected chi connectivity index (χ2v) is 6.72. The first kappa shape index (κ1) is 18.1. The van der Waals surface area contributed by atoms with Crippen LogP contribution in [0.15, 0.2) is 36.4 Å². The minimum absolute atomic E-state index is 0.161. The summed E-state index contributed by atoms with van der Waals surface area (Å²) >= 11 is 0. The predicted octanol–water partition coefficient (Wildman–Crippen LogP) is 3.72. The maximum Gasteiger partial charge on any atom is 0.261 e. The molecule has 0 bridgehead atoms. The maximum atomic E-state index is 12.5. The summed E-state index contributed by atoms with van der Waals surface area (Å²) in [6.45, 7) is 8.81. The second kappa shape index (κ2) is 7.68. The summed E-state index contributed by atoms with van der Waals surface area (Å²) in [5.74, 6) is 2.00. The lowest BCUT2D eigenvalue weighted by atomic mass is 10.1. The number of nitrogens with one attached hydrogen (secondary N) is 1. The Morgan fingerprint density at radius 1 is 1.00 bits per heavy atom. The molecule has 0 radical (unpaired) electrons. The number of carbonyl (C=O) groups excluding carboxylic acids is 1. The average molecular weight is 355 g/mol. The van der Waals surface area contributed by atoms with Crippen LogP contribution in [-0.4, -0.2) is 25.2 Å². The molecule has 0 spiro atoms. The van der Waals surface area contributed by atoms with Crippen molar-refractivity contribution in [2.75, 3.05) is 13.2 Å².